The first-order chi connectivity index (χ1) is 17.0. The first kappa shape index (κ1) is 23.3. The average Bonchev–Trinajstić information content (AvgIpc) is 2.87. The van der Waals surface area contributed by atoms with Gasteiger partial charge in [-0.3, -0.25) is 4.79 Å². The molecule has 5 rings (SSSR count). The van der Waals surface area contributed by atoms with E-state index in [0.717, 1.165) is 18.2 Å². The third-order valence-corrected chi connectivity index (χ3v) is 6.41. The van der Waals surface area contributed by atoms with Gasteiger partial charge in [0, 0.05) is 42.2 Å². The fourth-order valence-electron chi connectivity index (χ4n) is 4.53. The molecule has 11 heteroatoms. The van der Waals surface area contributed by atoms with Gasteiger partial charge in [0.2, 0.25) is 5.88 Å². The molecule has 3 aromatic rings. The number of hydrogen-bond acceptors (Lipinski definition) is 9. The van der Waals surface area contributed by atoms with Crippen molar-refractivity contribution in [3.05, 3.63) is 47.5 Å². The summed E-state index contributed by atoms with van der Waals surface area (Å²) in [6, 6.07) is 6.65. The number of rotatable bonds is 7. The molecule has 2 aromatic heterocycles. The average molecular weight is 483 g/mol. The molecule has 10 nitrogen and oxygen atoms in total. The molecule has 1 aliphatic heterocycles. The monoisotopic (exact) mass is 482 g/mol. The second-order valence-corrected chi connectivity index (χ2v) is 8.75. The van der Waals surface area contributed by atoms with E-state index in [1.807, 2.05) is 6.07 Å². The molecule has 1 aliphatic carbocycles. The SMILES string of the molecule is COc1ccc2ccc(F)c(CN[C@H]3CC[C@H](NCc4cnc5c(n4)NC(=O)CO5)C[C@H]3O)c2n1. The van der Waals surface area contributed by atoms with Gasteiger partial charge in [0.05, 0.1) is 30.6 Å². The van der Waals surface area contributed by atoms with Crippen molar-refractivity contribution < 1.29 is 23.8 Å². The second kappa shape index (κ2) is 10.1. The van der Waals surface area contributed by atoms with Crippen molar-refractivity contribution >= 4 is 22.6 Å². The van der Waals surface area contributed by atoms with Gasteiger partial charge >= 0.3 is 0 Å². The third-order valence-electron chi connectivity index (χ3n) is 6.41. The molecule has 3 atom stereocenters. The molecule has 3 heterocycles. The molecule has 35 heavy (non-hydrogen) atoms. The van der Waals surface area contributed by atoms with Crippen molar-refractivity contribution in [2.24, 2.45) is 0 Å². The largest absolute Gasteiger partial charge is 0.481 e. The normalized spacial score (nSPS) is 21.8. The number of benzene rings is 1. The molecule has 0 unspecified atom stereocenters. The Bertz CT molecular complexity index is 1240. The van der Waals surface area contributed by atoms with Crippen LogP contribution in [0.25, 0.3) is 10.9 Å². The second-order valence-electron chi connectivity index (χ2n) is 8.75. The molecular weight excluding hydrogens is 455 g/mol. The first-order valence-electron chi connectivity index (χ1n) is 11.6. The summed E-state index contributed by atoms with van der Waals surface area (Å²) in [7, 11) is 1.53. The summed E-state index contributed by atoms with van der Waals surface area (Å²) in [5.41, 5.74) is 1.67. The molecule has 0 spiro atoms. The van der Waals surface area contributed by atoms with E-state index < -0.39 is 6.10 Å². The fraction of sp³-hybridized carbons (Fsp3) is 0.417. The number of nitrogens with zero attached hydrogens (tertiary/aromatic N) is 3. The summed E-state index contributed by atoms with van der Waals surface area (Å²) in [4.78, 5) is 24.5. The Morgan fingerprint density at radius 1 is 1.20 bits per heavy atom. The number of amides is 1. The van der Waals surface area contributed by atoms with Gasteiger partial charge in [-0.1, -0.05) is 0 Å². The Kier molecular flexibility index (Phi) is 6.71. The molecule has 1 saturated carbocycles. The zero-order valence-electron chi connectivity index (χ0n) is 19.3. The number of aliphatic hydroxyl groups is 1. The quantitative estimate of drug-likeness (QED) is 0.397. The van der Waals surface area contributed by atoms with Gasteiger partial charge in [-0.25, -0.2) is 19.3 Å². The molecule has 1 aromatic carbocycles. The van der Waals surface area contributed by atoms with Crippen LogP contribution in [0.2, 0.25) is 0 Å². The van der Waals surface area contributed by atoms with Crippen LogP contribution < -0.4 is 25.4 Å². The van der Waals surface area contributed by atoms with Gasteiger partial charge in [-0.15, -0.1) is 0 Å². The lowest BCUT2D eigenvalue weighted by Gasteiger charge is -2.34. The maximum Gasteiger partial charge on any atom is 0.263 e. The Morgan fingerprint density at radius 3 is 2.89 bits per heavy atom. The maximum absolute atomic E-state index is 14.6. The number of methoxy groups -OCH3 is 1. The number of nitrogens with one attached hydrogen (secondary N) is 3. The summed E-state index contributed by atoms with van der Waals surface area (Å²) in [6.45, 7) is 0.633. The predicted octanol–water partition coefficient (Wildman–Crippen LogP) is 1.66. The topological polar surface area (TPSA) is 131 Å². The van der Waals surface area contributed by atoms with Crippen LogP contribution in [0.5, 0.6) is 11.8 Å². The lowest BCUT2D eigenvalue weighted by atomic mass is 9.88. The minimum Gasteiger partial charge on any atom is -0.481 e. The Balaban J connectivity index is 1.16. The fourth-order valence-corrected chi connectivity index (χ4v) is 4.53. The molecule has 184 valence electrons. The number of halogens is 1. The molecule has 0 radical (unpaired) electrons. The zero-order chi connectivity index (χ0) is 24.4. The number of fused-ring (bicyclic) bond motifs is 2. The summed E-state index contributed by atoms with van der Waals surface area (Å²) in [5, 5.41) is 20.9. The number of carbonyl (C=O) groups is 1. The Labute approximate surface area is 201 Å². The molecule has 0 bridgehead atoms. The van der Waals surface area contributed by atoms with Gasteiger partial charge < -0.3 is 30.5 Å². The van der Waals surface area contributed by atoms with Crippen LogP contribution in [0, 0.1) is 5.82 Å². The van der Waals surface area contributed by atoms with E-state index in [2.05, 4.69) is 30.9 Å². The summed E-state index contributed by atoms with van der Waals surface area (Å²) < 4.78 is 25.0. The first-order valence-corrected chi connectivity index (χ1v) is 11.6. The minimum atomic E-state index is -0.593. The van der Waals surface area contributed by atoms with Crippen LogP contribution in [-0.4, -0.2) is 57.9 Å². The van der Waals surface area contributed by atoms with Gasteiger partial charge in [-0.05, 0) is 37.5 Å². The van der Waals surface area contributed by atoms with Crippen LogP contribution in [0.15, 0.2) is 30.5 Å². The van der Waals surface area contributed by atoms with Crippen LogP contribution in [-0.2, 0) is 17.9 Å². The van der Waals surface area contributed by atoms with E-state index in [0.29, 0.717) is 47.3 Å². The van der Waals surface area contributed by atoms with Gasteiger partial charge in [0.25, 0.3) is 11.8 Å². The number of aliphatic hydroxyl groups excluding tert-OH is 1. The minimum absolute atomic E-state index is 0.0632. The van der Waals surface area contributed by atoms with Crippen molar-refractivity contribution in [1.82, 2.24) is 25.6 Å². The lowest BCUT2D eigenvalue weighted by Crippen LogP contribution is -2.48. The number of hydrogen-bond donors (Lipinski definition) is 4. The van der Waals surface area contributed by atoms with Gasteiger partial charge in [0.1, 0.15) is 5.82 Å². The van der Waals surface area contributed by atoms with Gasteiger partial charge in [-0.2, -0.15) is 0 Å². The zero-order valence-corrected chi connectivity index (χ0v) is 19.3. The van der Waals surface area contributed by atoms with Crippen LogP contribution in [0.1, 0.15) is 30.5 Å². The smallest absolute Gasteiger partial charge is 0.263 e. The van der Waals surface area contributed by atoms with Crippen molar-refractivity contribution in [2.45, 2.75) is 50.5 Å². The molecule has 2 aliphatic rings. The van der Waals surface area contributed by atoms with Crippen LogP contribution in [0.4, 0.5) is 10.2 Å². The van der Waals surface area contributed by atoms with E-state index in [1.54, 1.807) is 18.3 Å². The van der Waals surface area contributed by atoms with E-state index in [9.17, 15) is 14.3 Å². The van der Waals surface area contributed by atoms with Crippen LogP contribution >= 0.6 is 0 Å². The highest BCUT2D eigenvalue weighted by Gasteiger charge is 2.29. The highest BCUT2D eigenvalue weighted by atomic mass is 19.1. The van der Waals surface area contributed by atoms with Crippen molar-refractivity contribution in [2.75, 3.05) is 19.0 Å². The Morgan fingerprint density at radius 2 is 2.06 bits per heavy atom. The van der Waals surface area contributed by atoms with E-state index in [1.165, 1.54) is 13.2 Å². The molecule has 1 fully saturated rings. The molecular formula is C24H27FN6O4. The van der Waals surface area contributed by atoms with Crippen LogP contribution in [0.3, 0.4) is 0 Å². The van der Waals surface area contributed by atoms with Gasteiger partial charge in [0.15, 0.2) is 12.4 Å². The van der Waals surface area contributed by atoms with Crippen molar-refractivity contribution in [3.8, 4) is 11.8 Å². The number of aromatic nitrogens is 3. The molecule has 0 saturated heterocycles. The maximum atomic E-state index is 14.6. The summed E-state index contributed by atoms with van der Waals surface area (Å²) in [5.74, 6) is 0.454. The number of anilines is 1. The van der Waals surface area contributed by atoms with E-state index in [-0.39, 0.29) is 37.0 Å². The number of ether oxygens (including phenoxy) is 2. The summed E-state index contributed by atoms with van der Waals surface area (Å²) >= 11 is 0. The number of pyridine rings is 1. The summed E-state index contributed by atoms with van der Waals surface area (Å²) in [6.07, 6.45) is 3.11. The third kappa shape index (κ3) is 5.16. The Hall–Kier alpha value is -3.41. The molecule has 4 N–H and O–H groups in total. The van der Waals surface area contributed by atoms with E-state index >= 15 is 0 Å². The number of carbonyl (C=O) groups excluding carboxylic acids is 1. The highest BCUT2D eigenvalue weighted by Crippen LogP contribution is 2.25. The predicted molar refractivity (Wildman–Crippen MR) is 126 cm³/mol. The standard InChI is InChI=1S/C24H27FN6O4/c1-34-21-7-3-13-2-5-17(25)16(22(13)31-21)11-27-18-6-4-14(8-19(18)32)26-9-15-10-28-24-23(29-15)30-20(33)12-35-24/h2-3,5,7,10,14,18-19,26-27,32H,4,6,8-9,11-12H2,1H3,(H,29,30,33)/t14-,18-,19+/m0/s1. The van der Waals surface area contributed by atoms with Crippen molar-refractivity contribution in [3.63, 3.8) is 0 Å². The lowest BCUT2D eigenvalue weighted by molar-refractivity contribution is -0.118. The highest BCUT2D eigenvalue weighted by molar-refractivity contribution is 5.93. The van der Waals surface area contributed by atoms with E-state index in [4.69, 9.17) is 9.47 Å². The van der Waals surface area contributed by atoms with Crippen molar-refractivity contribution in [1.29, 1.82) is 0 Å². The molecule has 1 amide bonds.